The van der Waals surface area contributed by atoms with E-state index in [0.29, 0.717) is 0 Å². The van der Waals surface area contributed by atoms with E-state index in [4.69, 9.17) is 5.11 Å². The number of nitrogens with one attached hydrogen (secondary N) is 1. The number of alkyl halides is 1. The van der Waals surface area contributed by atoms with Crippen LogP contribution in [0.5, 0.6) is 0 Å². The Kier molecular flexibility index (Phi) is 1.66. The first kappa shape index (κ1) is 6.48. The number of rotatable bonds is 1. The molecule has 52 valence electrons. The lowest BCUT2D eigenvalue weighted by Crippen LogP contribution is -2.29. The van der Waals surface area contributed by atoms with Gasteiger partial charge in [-0.15, -0.1) is 0 Å². The number of aliphatic hydroxyl groups excluding tert-OH is 1. The number of halogens is 1. The molecule has 0 bridgehead atoms. The molecule has 1 saturated heterocycles. The molecule has 3 nitrogen and oxygen atoms in total. The lowest BCUT2D eigenvalue weighted by molar-refractivity contribution is -0.123. The van der Waals surface area contributed by atoms with Crippen LogP contribution in [0.3, 0.4) is 0 Å². The Bertz CT molecular complexity index is 128. The molecule has 0 radical (unpaired) electrons. The van der Waals surface area contributed by atoms with Crippen molar-refractivity contribution in [2.24, 2.45) is 0 Å². The summed E-state index contributed by atoms with van der Waals surface area (Å²) in [6, 6.07) is -0.368. The summed E-state index contributed by atoms with van der Waals surface area (Å²) in [6.45, 7) is -0.174. The first-order valence-corrected chi connectivity index (χ1v) is 2.79. The molecular formula is C5H8FNO2. The van der Waals surface area contributed by atoms with Crippen LogP contribution in [0.4, 0.5) is 4.39 Å². The fourth-order valence-electron chi connectivity index (χ4n) is 0.828. The Hall–Kier alpha value is -0.640. The monoisotopic (exact) mass is 133 g/mol. The van der Waals surface area contributed by atoms with E-state index in [0.717, 1.165) is 0 Å². The highest BCUT2D eigenvalue weighted by Gasteiger charge is 2.30. The zero-order valence-corrected chi connectivity index (χ0v) is 4.80. The summed E-state index contributed by atoms with van der Waals surface area (Å²) in [5.74, 6) is -0.603. The highest BCUT2D eigenvalue weighted by atomic mass is 19.1. The molecule has 1 aliphatic rings. The van der Waals surface area contributed by atoms with Crippen molar-refractivity contribution in [2.45, 2.75) is 18.6 Å². The van der Waals surface area contributed by atoms with Crippen LogP contribution in [0.25, 0.3) is 0 Å². The molecule has 0 spiro atoms. The third kappa shape index (κ3) is 1.18. The molecular weight excluding hydrogens is 125 g/mol. The third-order valence-corrected chi connectivity index (χ3v) is 1.34. The average molecular weight is 133 g/mol. The van der Waals surface area contributed by atoms with Gasteiger partial charge in [-0.3, -0.25) is 4.79 Å². The van der Waals surface area contributed by atoms with E-state index >= 15 is 0 Å². The van der Waals surface area contributed by atoms with Crippen molar-refractivity contribution in [1.82, 2.24) is 5.32 Å². The maximum Gasteiger partial charge on any atom is 0.254 e. The molecule has 2 N–H and O–H groups in total. The average Bonchev–Trinajstić information content (AvgIpc) is 2.13. The van der Waals surface area contributed by atoms with Crippen LogP contribution in [-0.4, -0.2) is 29.8 Å². The molecule has 1 amide bonds. The van der Waals surface area contributed by atoms with Crippen molar-refractivity contribution in [2.75, 3.05) is 6.61 Å². The quantitative estimate of drug-likeness (QED) is 0.492. The van der Waals surface area contributed by atoms with Gasteiger partial charge in [0.25, 0.3) is 5.91 Å². The fourth-order valence-corrected chi connectivity index (χ4v) is 0.828. The van der Waals surface area contributed by atoms with Gasteiger partial charge in [0.05, 0.1) is 12.6 Å². The first-order chi connectivity index (χ1) is 4.24. The number of amides is 1. The fraction of sp³-hybridized carbons (Fsp3) is 0.800. The number of carbonyl (C=O) groups excluding carboxylic acids is 1. The summed E-state index contributed by atoms with van der Waals surface area (Å²) in [6.07, 6.45) is -1.31. The van der Waals surface area contributed by atoms with Gasteiger partial charge in [0.15, 0.2) is 6.17 Å². The number of carbonyl (C=O) groups is 1. The minimum atomic E-state index is -1.41. The Labute approximate surface area is 51.9 Å². The van der Waals surface area contributed by atoms with Gasteiger partial charge in [-0.1, -0.05) is 0 Å². The van der Waals surface area contributed by atoms with Gasteiger partial charge in [-0.2, -0.15) is 0 Å². The van der Waals surface area contributed by atoms with Gasteiger partial charge in [0, 0.05) is 6.42 Å². The largest absolute Gasteiger partial charge is 0.394 e. The minimum absolute atomic E-state index is 0.106. The molecule has 0 saturated carbocycles. The van der Waals surface area contributed by atoms with Gasteiger partial charge in [0.1, 0.15) is 0 Å². The molecule has 2 unspecified atom stereocenters. The Morgan fingerprint density at radius 2 is 2.56 bits per heavy atom. The van der Waals surface area contributed by atoms with Crippen molar-refractivity contribution < 1.29 is 14.3 Å². The van der Waals surface area contributed by atoms with Crippen LogP contribution in [-0.2, 0) is 4.79 Å². The summed E-state index contributed by atoms with van der Waals surface area (Å²) >= 11 is 0. The van der Waals surface area contributed by atoms with Gasteiger partial charge in [-0.05, 0) is 0 Å². The van der Waals surface area contributed by atoms with E-state index in [1.54, 1.807) is 0 Å². The van der Waals surface area contributed by atoms with E-state index in [1.807, 2.05) is 0 Å². The van der Waals surface area contributed by atoms with Crippen molar-refractivity contribution in [3.05, 3.63) is 0 Å². The van der Waals surface area contributed by atoms with E-state index in [2.05, 4.69) is 5.32 Å². The van der Waals surface area contributed by atoms with Crippen molar-refractivity contribution >= 4 is 5.91 Å². The zero-order valence-electron chi connectivity index (χ0n) is 4.80. The van der Waals surface area contributed by atoms with Gasteiger partial charge in [-0.25, -0.2) is 4.39 Å². The van der Waals surface area contributed by atoms with Crippen LogP contribution >= 0.6 is 0 Å². The predicted octanol–water partition coefficient (Wildman–Crippen LogP) is -0.795. The predicted molar refractivity (Wildman–Crippen MR) is 28.5 cm³/mol. The van der Waals surface area contributed by atoms with Gasteiger partial charge >= 0.3 is 0 Å². The van der Waals surface area contributed by atoms with Gasteiger partial charge in [0.2, 0.25) is 0 Å². The lowest BCUT2D eigenvalue weighted by atomic mass is 10.2. The van der Waals surface area contributed by atoms with Crippen LogP contribution in [0.15, 0.2) is 0 Å². The molecule has 0 aromatic heterocycles. The first-order valence-electron chi connectivity index (χ1n) is 2.79. The molecule has 1 rings (SSSR count). The summed E-state index contributed by atoms with van der Waals surface area (Å²) in [7, 11) is 0. The van der Waals surface area contributed by atoms with E-state index in [9.17, 15) is 9.18 Å². The Balaban J connectivity index is 2.44. The van der Waals surface area contributed by atoms with Crippen LogP contribution < -0.4 is 5.32 Å². The lowest BCUT2D eigenvalue weighted by Gasteiger charge is -2.01. The summed E-state index contributed by atoms with van der Waals surface area (Å²) in [4.78, 5) is 10.3. The molecule has 0 aliphatic carbocycles. The molecule has 1 heterocycles. The van der Waals surface area contributed by atoms with Crippen LogP contribution in [0.2, 0.25) is 0 Å². The van der Waals surface area contributed by atoms with Crippen molar-refractivity contribution in [3.63, 3.8) is 0 Å². The van der Waals surface area contributed by atoms with Gasteiger partial charge < -0.3 is 10.4 Å². The zero-order chi connectivity index (χ0) is 6.85. The van der Waals surface area contributed by atoms with Crippen molar-refractivity contribution in [1.29, 1.82) is 0 Å². The van der Waals surface area contributed by atoms with E-state index < -0.39 is 12.1 Å². The van der Waals surface area contributed by atoms with E-state index in [-0.39, 0.29) is 19.1 Å². The molecule has 1 aliphatic heterocycles. The summed E-state index contributed by atoms with van der Waals surface area (Å²) in [5.41, 5.74) is 0. The molecule has 9 heavy (non-hydrogen) atoms. The number of hydrogen-bond donors (Lipinski definition) is 2. The van der Waals surface area contributed by atoms with Crippen LogP contribution in [0, 0.1) is 0 Å². The maximum absolute atomic E-state index is 12.2. The smallest absolute Gasteiger partial charge is 0.254 e. The highest BCUT2D eigenvalue weighted by Crippen LogP contribution is 2.09. The molecule has 4 heteroatoms. The topological polar surface area (TPSA) is 49.3 Å². The second-order valence-corrected chi connectivity index (χ2v) is 2.09. The minimum Gasteiger partial charge on any atom is -0.394 e. The molecule has 2 atom stereocenters. The molecule has 0 aromatic rings. The van der Waals surface area contributed by atoms with Crippen LogP contribution in [0.1, 0.15) is 6.42 Å². The summed E-state index contributed by atoms with van der Waals surface area (Å²) < 4.78 is 12.2. The van der Waals surface area contributed by atoms with E-state index in [1.165, 1.54) is 0 Å². The second-order valence-electron chi connectivity index (χ2n) is 2.09. The highest BCUT2D eigenvalue weighted by molar-refractivity contribution is 5.83. The SMILES string of the molecule is O=C1NC(CO)CC1F. The maximum atomic E-state index is 12.2. The second kappa shape index (κ2) is 2.31. The third-order valence-electron chi connectivity index (χ3n) is 1.34. The molecule has 1 fully saturated rings. The standard InChI is InChI=1S/C5H8FNO2/c6-4-1-3(2-8)7-5(4)9/h3-4,8H,1-2H2,(H,7,9). The van der Waals surface area contributed by atoms with Crippen molar-refractivity contribution in [3.8, 4) is 0 Å². The number of aliphatic hydroxyl groups is 1. The Morgan fingerprint density at radius 3 is 2.78 bits per heavy atom. The molecule has 0 aromatic carbocycles. The summed E-state index contributed by atoms with van der Waals surface area (Å²) in [5, 5.41) is 10.7. The normalized spacial score (nSPS) is 34.7. The Morgan fingerprint density at radius 1 is 1.89 bits per heavy atom. The number of hydrogen-bond acceptors (Lipinski definition) is 2.